The minimum Gasteiger partial charge on any atom is -0.455 e. The third kappa shape index (κ3) is 4.40. The SMILES string of the molecule is [2H]Cc1c([2H])c([2H])c(-c2c3c([2H])c([2H])c([2H])c([2H])c3c(Cc3c([2H])c([2H])c([2H])c4oc5c6c([2H])c([2H])c([2H])c([2H])c6c([2H])c([2H])c5c34)c3c([2H])c([2H])c([2H])c([2H])c23)c([2H])c1-c1c([2H])c([2H])c2c([2H])c([2H])c([2H])c([2H])c2c1[2H]. The predicted octanol–water partition coefficient (Wildman–Crippen LogP) is 13.4. The molecule has 0 bridgehead atoms. The quantitative estimate of drug-likeness (QED) is 0.172. The van der Waals surface area contributed by atoms with Gasteiger partial charge in [-0.3, -0.25) is 0 Å². The Kier molecular flexibility index (Phi) is 2.62. The fourth-order valence-electron chi connectivity index (χ4n) is 6.15. The zero-order chi connectivity index (χ0) is 56.7. The van der Waals surface area contributed by atoms with Crippen LogP contribution < -0.4 is 0 Å². The maximum Gasteiger partial charge on any atom is 0.143 e. The summed E-state index contributed by atoms with van der Waals surface area (Å²) in [5.74, 6) is 0. The molecule has 0 radical (unpaired) electrons. The van der Waals surface area contributed by atoms with Crippen molar-refractivity contribution in [3.63, 3.8) is 0 Å². The van der Waals surface area contributed by atoms with Crippen LogP contribution in [0.2, 0.25) is 0 Å². The molecule has 0 unspecified atom stereocenters. The standard InChI is InChI=1S/C48H32O/c1-30-21-22-36(28-43(30)34-24-23-31-11-2-3-13-33(31)27-34)46-40-18-8-6-16-38(40)44(39-17-7-9-19-41(39)46)29-35-14-10-20-45-47(35)42-26-25-32-12-4-5-15-37(32)48(42)49-45/h2-28H,29H2,1H3/i1D,2D,3D,4D,5D,6D,7D,8D,9D,10D,11D,12D,13D,14D,15D,16D,17D,18D,19D,20D,21D,22D,23D,24D,25D,26D,27D,28D. The summed E-state index contributed by atoms with van der Waals surface area (Å²) in [6.45, 7) is -0.939. The minimum absolute atomic E-state index is 0.339. The van der Waals surface area contributed by atoms with E-state index in [1.54, 1.807) is 0 Å². The average Bonchev–Trinajstić information content (AvgIpc) is 4.07. The lowest BCUT2D eigenvalue weighted by molar-refractivity contribution is 0.672. The highest BCUT2D eigenvalue weighted by Crippen LogP contribution is 2.43. The normalized spacial score (nSPS) is 19.8. The summed E-state index contributed by atoms with van der Waals surface area (Å²) < 4.78 is 258. The predicted molar refractivity (Wildman–Crippen MR) is 209 cm³/mol. The summed E-state index contributed by atoms with van der Waals surface area (Å²) in [5, 5.41) is -5.11. The number of hydrogen-bond donors (Lipinski definition) is 0. The van der Waals surface area contributed by atoms with Gasteiger partial charge in [0.2, 0.25) is 0 Å². The molecule has 0 fully saturated rings. The molecule has 0 saturated carbocycles. The van der Waals surface area contributed by atoms with E-state index in [2.05, 4.69) is 0 Å². The largest absolute Gasteiger partial charge is 0.455 e. The van der Waals surface area contributed by atoms with Crippen molar-refractivity contribution < 1.29 is 42.8 Å². The zero-order valence-corrected chi connectivity index (χ0v) is 24.8. The summed E-state index contributed by atoms with van der Waals surface area (Å²) in [6.07, 6.45) is -0.876. The molecule has 10 aromatic rings. The van der Waals surface area contributed by atoms with E-state index in [9.17, 15) is 13.7 Å². The van der Waals surface area contributed by atoms with Gasteiger partial charge in [0.15, 0.2) is 0 Å². The molecule has 9 aromatic carbocycles. The molecule has 1 heteroatoms. The Morgan fingerprint density at radius 2 is 1.16 bits per heavy atom. The van der Waals surface area contributed by atoms with E-state index >= 15 is 0 Å². The molecule has 0 aliphatic rings. The molecule has 1 heterocycles. The Hall–Kier alpha value is -6.18. The molecule has 0 spiro atoms. The highest BCUT2D eigenvalue weighted by atomic mass is 16.3. The van der Waals surface area contributed by atoms with Crippen molar-refractivity contribution in [1.82, 2.24) is 0 Å². The van der Waals surface area contributed by atoms with Crippen molar-refractivity contribution >= 4 is 65.0 Å². The molecule has 1 nitrogen and oxygen atoms in total. The van der Waals surface area contributed by atoms with Gasteiger partial charge in [-0.1, -0.05) is 139 Å². The first kappa shape index (κ1) is 11.8. The maximum atomic E-state index is 9.94. The van der Waals surface area contributed by atoms with E-state index in [-0.39, 0.29) is 21.7 Å². The Morgan fingerprint density at radius 3 is 1.94 bits per heavy atom. The molecule has 10 rings (SSSR count). The van der Waals surface area contributed by atoms with Crippen LogP contribution in [0.3, 0.4) is 0 Å². The smallest absolute Gasteiger partial charge is 0.143 e. The van der Waals surface area contributed by atoms with Crippen molar-refractivity contribution in [2.45, 2.75) is 13.3 Å². The van der Waals surface area contributed by atoms with Crippen LogP contribution in [0.1, 0.15) is 55.1 Å². The van der Waals surface area contributed by atoms with Gasteiger partial charge < -0.3 is 4.42 Å². The fourth-order valence-corrected chi connectivity index (χ4v) is 6.15. The number of fused-ring (bicyclic) bond motifs is 8. The molecular formula is C48H32O. The highest BCUT2D eigenvalue weighted by molar-refractivity contribution is 6.18. The number of rotatable bonds is 4. The van der Waals surface area contributed by atoms with Gasteiger partial charge in [-0.25, -0.2) is 0 Å². The second kappa shape index (κ2) is 10.9. The van der Waals surface area contributed by atoms with Crippen LogP contribution in [0.25, 0.3) is 87.3 Å². The van der Waals surface area contributed by atoms with Gasteiger partial charge in [-0.05, 0) is 114 Å². The Morgan fingerprint density at radius 1 is 0.510 bits per heavy atom. The van der Waals surface area contributed by atoms with Gasteiger partial charge in [0.05, 0.1) is 37.0 Å². The van der Waals surface area contributed by atoms with Crippen molar-refractivity contribution in [3.8, 4) is 22.3 Å². The van der Waals surface area contributed by atoms with Gasteiger partial charge in [0.1, 0.15) is 11.2 Å². The van der Waals surface area contributed by atoms with Crippen LogP contribution in [0, 0.1) is 6.90 Å². The fraction of sp³-hybridized carbons (Fsp3) is 0.0417. The van der Waals surface area contributed by atoms with E-state index in [0.717, 1.165) is 0 Å². The van der Waals surface area contributed by atoms with Crippen molar-refractivity contribution in [1.29, 1.82) is 0 Å². The molecule has 0 saturated heterocycles. The monoisotopic (exact) mass is 652 g/mol. The van der Waals surface area contributed by atoms with E-state index in [1.165, 1.54) is 0 Å². The lowest BCUT2D eigenvalue weighted by Crippen LogP contribution is -1.96. The van der Waals surface area contributed by atoms with E-state index in [1.807, 2.05) is 0 Å². The van der Waals surface area contributed by atoms with Gasteiger partial charge in [-0.15, -0.1) is 0 Å². The highest BCUT2D eigenvalue weighted by Gasteiger charge is 2.19. The molecule has 49 heavy (non-hydrogen) atoms. The van der Waals surface area contributed by atoms with E-state index < -0.39 is 259 Å². The van der Waals surface area contributed by atoms with Crippen LogP contribution >= 0.6 is 0 Å². The molecule has 1 aromatic heterocycles. The Balaban J connectivity index is 1.44. The summed E-state index contributed by atoms with van der Waals surface area (Å²) in [7, 11) is 0. The lowest BCUT2D eigenvalue weighted by atomic mass is 9.84. The van der Waals surface area contributed by atoms with Crippen LogP contribution in [0.4, 0.5) is 0 Å². The number of benzene rings is 9. The van der Waals surface area contributed by atoms with Crippen molar-refractivity contribution in [2.75, 3.05) is 0 Å². The van der Waals surface area contributed by atoms with E-state index in [4.69, 9.17) is 29.1 Å². The van der Waals surface area contributed by atoms with E-state index in [0.29, 0.717) is 0 Å². The number of furan rings is 1. The van der Waals surface area contributed by atoms with Gasteiger partial charge in [-0.2, -0.15) is 0 Å². The first-order valence-corrected chi connectivity index (χ1v) is 14.7. The summed E-state index contributed by atoms with van der Waals surface area (Å²) >= 11 is 0. The molecule has 0 atom stereocenters. The van der Waals surface area contributed by atoms with Crippen LogP contribution in [0.5, 0.6) is 0 Å². The number of hydrogen-bond acceptors (Lipinski definition) is 1. The van der Waals surface area contributed by atoms with Crippen molar-refractivity contribution in [2.24, 2.45) is 0 Å². The van der Waals surface area contributed by atoms with Crippen LogP contribution in [-0.2, 0) is 6.42 Å². The minimum atomic E-state index is -0.964. The zero-order valence-electron chi connectivity index (χ0n) is 52.8. The Bertz CT molecular complexity index is 4400. The summed E-state index contributed by atoms with van der Waals surface area (Å²) in [4.78, 5) is 0. The first-order valence-electron chi connectivity index (χ1n) is 28.9. The van der Waals surface area contributed by atoms with Gasteiger partial charge in [0.25, 0.3) is 0 Å². The molecule has 0 aliphatic carbocycles. The van der Waals surface area contributed by atoms with Crippen LogP contribution in [-0.4, -0.2) is 0 Å². The Labute approximate surface area is 324 Å². The van der Waals surface area contributed by atoms with Gasteiger partial charge in [0, 0.05) is 17.5 Å². The van der Waals surface area contributed by atoms with Gasteiger partial charge >= 0.3 is 0 Å². The molecule has 0 amide bonds. The average molecular weight is 653 g/mol. The molecule has 0 N–H and O–H groups in total. The second-order valence-corrected chi connectivity index (χ2v) is 11.0. The topological polar surface area (TPSA) is 13.1 Å². The first-order chi connectivity index (χ1) is 36.0. The third-order valence-electron chi connectivity index (χ3n) is 8.30. The molecule has 230 valence electrons. The summed E-state index contributed by atoms with van der Waals surface area (Å²) in [6, 6.07) is -22.7. The molecular weight excluding hydrogens is 593 g/mol. The summed E-state index contributed by atoms with van der Waals surface area (Å²) in [5.41, 5.74) is -5.14. The van der Waals surface area contributed by atoms with Crippen molar-refractivity contribution in [3.05, 3.63) is 180 Å². The second-order valence-electron chi connectivity index (χ2n) is 11.0. The third-order valence-corrected chi connectivity index (χ3v) is 8.30. The van der Waals surface area contributed by atoms with Crippen LogP contribution in [0.15, 0.2) is 168 Å². The maximum absolute atomic E-state index is 9.94. The lowest BCUT2D eigenvalue weighted by Gasteiger charge is -2.19. The molecule has 0 aliphatic heterocycles.